The van der Waals surface area contributed by atoms with Gasteiger partial charge >= 0.3 is 0 Å². The Morgan fingerprint density at radius 2 is 2.04 bits per heavy atom. The molecule has 1 aliphatic rings. The van der Waals surface area contributed by atoms with Gasteiger partial charge in [-0.25, -0.2) is 4.98 Å². The summed E-state index contributed by atoms with van der Waals surface area (Å²) >= 11 is 0. The first kappa shape index (κ1) is 19.1. The van der Waals surface area contributed by atoms with Crippen LogP contribution in [0.15, 0.2) is 43.0 Å². The lowest BCUT2D eigenvalue weighted by Gasteiger charge is -2.33. The highest BCUT2D eigenvalue weighted by Crippen LogP contribution is 2.27. The molecule has 2 amide bonds. The van der Waals surface area contributed by atoms with Crippen molar-refractivity contribution < 1.29 is 9.59 Å². The van der Waals surface area contributed by atoms with E-state index >= 15 is 0 Å². The summed E-state index contributed by atoms with van der Waals surface area (Å²) in [6, 6.07) is 7.51. The van der Waals surface area contributed by atoms with Crippen LogP contribution in [0.4, 0.5) is 5.69 Å². The van der Waals surface area contributed by atoms with Gasteiger partial charge in [0.25, 0.3) is 5.91 Å². The molecule has 1 N–H and O–H groups in total. The Morgan fingerprint density at radius 3 is 2.74 bits per heavy atom. The maximum absolute atomic E-state index is 12.8. The molecule has 0 bridgehead atoms. The molecule has 27 heavy (non-hydrogen) atoms. The molecule has 0 aliphatic heterocycles. The van der Waals surface area contributed by atoms with Gasteiger partial charge in [-0.2, -0.15) is 0 Å². The van der Waals surface area contributed by atoms with Gasteiger partial charge < -0.3 is 14.8 Å². The van der Waals surface area contributed by atoms with E-state index in [0.717, 1.165) is 18.8 Å². The number of aromatic nitrogens is 2. The zero-order chi connectivity index (χ0) is 19.2. The molecule has 6 nitrogen and oxygen atoms in total. The number of carbonyl (C=O) groups is 2. The number of nitrogens with zero attached hydrogens (tertiary/aromatic N) is 3. The molecule has 1 saturated carbocycles. The monoisotopic (exact) mass is 368 g/mol. The minimum absolute atomic E-state index is 0.0177. The molecule has 1 aromatic heterocycles. The van der Waals surface area contributed by atoms with Crippen LogP contribution < -0.4 is 5.32 Å². The molecule has 1 heterocycles. The molecule has 3 rings (SSSR count). The molecule has 0 spiro atoms. The van der Waals surface area contributed by atoms with Gasteiger partial charge in [-0.15, -0.1) is 0 Å². The number of amides is 2. The summed E-state index contributed by atoms with van der Waals surface area (Å²) in [4.78, 5) is 30.8. The molecule has 0 saturated heterocycles. The summed E-state index contributed by atoms with van der Waals surface area (Å²) in [7, 11) is 1.89. The van der Waals surface area contributed by atoms with Crippen LogP contribution in [0.1, 0.15) is 49.4 Å². The number of hydrogen-bond donors (Lipinski definition) is 1. The fourth-order valence-electron chi connectivity index (χ4n) is 3.60. The van der Waals surface area contributed by atoms with Crippen molar-refractivity contribution in [3.8, 4) is 0 Å². The van der Waals surface area contributed by atoms with Gasteiger partial charge in [-0.1, -0.05) is 13.0 Å². The van der Waals surface area contributed by atoms with E-state index < -0.39 is 0 Å². The van der Waals surface area contributed by atoms with Crippen LogP contribution in [0, 0.1) is 5.92 Å². The van der Waals surface area contributed by atoms with E-state index in [1.807, 2.05) is 40.9 Å². The zero-order valence-electron chi connectivity index (χ0n) is 16.1. The number of carbonyl (C=O) groups excluding carboxylic acids is 2. The predicted molar refractivity (Wildman–Crippen MR) is 105 cm³/mol. The van der Waals surface area contributed by atoms with Crippen LogP contribution in [-0.2, 0) is 11.3 Å². The van der Waals surface area contributed by atoms with Crippen molar-refractivity contribution in [3.63, 3.8) is 0 Å². The van der Waals surface area contributed by atoms with E-state index in [2.05, 4.69) is 17.2 Å². The summed E-state index contributed by atoms with van der Waals surface area (Å²) in [6.07, 6.45) is 10.0. The van der Waals surface area contributed by atoms with Crippen molar-refractivity contribution in [2.75, 3.05) is 12.4 Å². The van der Waals surface area contributed by atoms with E-state index in [1.165, 1.54) is 12.8 Å². The van der Waals surface area contributed by atoms with Gasteiger partial charge in [0.05, 0.1) is 6.33 Å². The minimum atomic E-state index is -0.0806. The third kappa shape index (κ3) is 5.18. The maximum atomic E-state index is 12.8. The first-order valence-electron chi connectivity index (χ1n) is 9.65. The summed E-state index contributed by atoms with van der Waals surface area (Å²) in [5, 5.41) is 2.88. The normalized spacial score (nSPS) is 19.5. The van der Waals surface area contributed by atoms with Crippen molar-refractivity contribution in [2.45, 2.75) is 51.6 Å². The summed E-state index contributed by atoms with van der Waals surface area (Å²) < 4.78 is 1.86. The van der Waals surface area contributed by atoms with Gasteiger partial charge in [0, 0.05) is 49.7 Å². The van der Waals surface area contributed by atoms with Gasteiger partial charge in [-0.05, 0) is 49.8 Å². The summed E-state index contributed by atoms with van der Waals surface area (Å²) in [6.45, 7) is 2.85. The van der Waals surface area contributed by atoms with Crippen LogP contribution in [0.25, 0.3) is 0 Å². The summed E-state index contributed by atoms with van der Waals surface area (Å²) in [5.74, 6) is 0.692. The Bertz CT molecular complexity index is 764. The van der Waals surface area contributed by atoms with Crippen LogP contribution in [0.5, 0.6) is 0 Å². The topological polar surface area (TPSA) is 67.2 Å². The zero-order valence-corrected chi connectivity index (χ0v) is 16.1. The Balaban J connectivity index is 1.57. The number of hydrogen-bond acceptors (Lipinski definition) is 3. The average Bonchev–Trinajstić information content (AvgIpc) is 3.20. The highest BCUT2D eigenvalue weighted by atomic mass is 16.2. The highest BCUT2D eigenvalue weighted by Gasteiger charge is 2.25. The number of aryl methyl sites for hydroxylation is 1. The van der Waals surface area contributed by atoms with Crippen molar-refractivity contribution in [1.82, 2.24) is 14.5 Å². The molecule has 0 unspecified atom stereocenters. The molecule has 1 aromatic carbocycles. The SMILES string of the molecule is CC1CCC(N(C)C(=O)c2cccc(NC(=O)CCn3ccnc3)c2)CC1. The van der Waals surface area contributed by atoms with E-state index in [1.54, 1.807) is 18.6 Å². The predicted octanol–water partition coefficient (Wildman–Crippen LogP) is 3.56. The van der Waals surface area contributed by atoms with Gasteiger partial charge in [0.2, 0.25) is 5.91 Å². The standard InChI is InChI=1S/C21H28N4O2/c1-16-6-8-19(9-7-16)24(2)21(27)17-4-3-5-18(14-17)23-20(26)10-12-25-13-11-22-15-25/h3-5,11,13-16,19H,6-10,12H2,1-2H3,(H,23,26). The van der Waals surface area contributed by atoms with Gasteiger partial charge in [-0.3, -0.25) is 9.59 Å². The first-order chi connectivity index (χ1) is 13.0. The van der Waals surface area contributed by atoms with Gasteiger partial charge in [0.15, 0.2) is 0 Å². The van der Waals surface area contributed by atoms with Crippen LogP contribution in [0.2, 0.25) is 0 Å². The number of imidazole rings is 1. The van der Waals surface area contributed by atoms with Crippen LogP contribution in [0.3, 0.4) is 0 Å². The van der Waals surface area contributed by atoms with Gasteiger partial charge in [0.1, 0.15) is 0 Å². The Labute approximate surface area is 160 Å². The molecule has 0 radical (unpaired) electrons. The highest BCUT2D eigenvalue weighted by molar-refractivity contribution is 5.97. The van der Waals surface area contributed by atoms with E-state index in [4.69, 9.17) is 0 Å². The van der Waals surface area contributed by atoms with E-state index in [-0.39, 0.29) is 11.8 Å². The number of nitrogens with one attached hydrogen (secondary N) is 1. The lowest BCUT2D eigenvalue weighted by molar-refractivity contribution is -0.116. The second-order valence-electron chi connectivity index (χ2n) is 7.51. The number of benzene rings is 1. The second kappa shape index (κ2) is 8.84. The Kier molecular flexibility index (Phi) is 6.27. The van der Waals surface area contributed by atoms with Crippen LogP contribution >= 0.6 is 0 Å². The smallest absolute Gasteiger partial charge is 0.253 e. The maximum Gasteiger partial charge on any atom is 0.253 e. The van der Waals surface area contributed by atoms with Crippen molar-refractivity contribution in [3.05, 3.63) is 48.5 Å². The lowest BCUT2D eigenvalue weighted by Crippen LogP contribution is -2.39. The lowest BCUT2D eigenvalue weighted by atomic mass is 9.86. The number of anilines is 1. The fraction of sp³-hybridized carbons (Fsp3) is 0.476. The summed E-state index contributed by atoms with van der Waals surface area (Å²) in [5.41, 5.74) is 1.27. The molecule has 0 atom stereocenters. The average molecular weight is 368 g/mol. The van der Waals surface area contributed by atoms with E-state index in [0.29, 0.717) is 30.3 Å². The molecular weight excluding hydrogens is 340 g/mol. The number of rotatable bonds is 6. The van der Waals surface area contributed by atoms with Crippen LogP contribution in [-0.4, -0.2) is 39.4 Å². The fourth-order valence-corrected chi connectivity index (χ4v) is 3.60. The Morgan fingerprint density at radius 1 is 1.26 bits per heavy atom. The Hall–Kier alpha value is -2.63. The largest absolute Gasteiger partial charge is 0.339 e. The molecular formula is C21H28N4O2. The second-order valence-corrected chi connectivity index (χ2v) is 7.51. The molecule has 1 aliphatic carbocycles. The van der Waals surface area contributed by atoms with Crippen molar-refractivity contribution in [1.29, 1.82) is 0 Å². The third-order valence-corrected chi connectivity index (χ3v) is 5.40. The quantitative estimate of drug-likeness (QED) is 0.848. The molecule has 144 valence electrons. The molecule has 2 aromatic rings. The van der Waals surface area contributed by atoms with Crippen molar-refractivity contribution >= 4 is 17.5 Å². The van der Waals surface area contributed by atoms with Crippen molar-refractivity contribution in [2.24, 2.45) is 5.92 Å². The molecule has 6 heteroatoms. The first-order valence-corrected chi connectivity index (χ1v) is 9.65. The third-order valence-electron chi connectivity index (χ3n) is 5.40. The van der Waals surface area contributed by atoms with E-state index in [9.17, 15) is 9.59 Å². The minimum Gasteiger partial charge on any atom is -0.339 e. The molecule has 1 fully saturated rings.